The highest BCUT2D eigenvalue weighted by Gasteiger charge is 1.97. The number of thiocarbonyl (C=S) groups is 1. The Morgan fingerprint density at radius 3 is 3.00 bits per heavy atom. The number of benzene rings is 1. The van der Waals surface area contributed by atoms with Gasteiger partial charge in [0.1, 0.15) is 5.15 Å². The van der Waals surface area contributed by atoms with Gasteiger partial charge in [-0.2, -0.15) is 5.10 Å². The van der Waals surface area contributed by atoms with Gasteiger partial charge in [0.05, 0.1) is 11.7 Å². The summed E-state index contributed by atoms with van der Waals surface area (Å²) in [7, 11) is 0. The number of nitrogens with one attached hydrogen (secondary N) is 1. The summed E-state index contributed by atoms with van der Waals surface area (Å²) in [6.45, 7) is 0. The third kappa shape index (κ3) is 3.12. The SMILES string of the molecule is NC(=S)NN=Cc1ccc2nc(Cl)ccc2c1. The molecule has 0 spiro atoms. The van der Waals surface area contributed by atoms with Crippen LogP contribution in [-0.4, -0.2) is 16.3 Å². The summed E-state index contributed by atoms with van der Waals surface area (Å²) < 4.78 is 0. The van der Waals surface area contributed by atoms with E-state index in [1.165, 1.54) is 0 Å². The highest BCUT2D eigenvalue weighted by Crippen LogP contribution is 2.16. The molecule has 4 nitrogen and oxygen atoms in total. The Bertz CT molecular complexity index is 597. The third-order valence-corrected chi connectivity index (χ3v) is 2.37. The highest BCUT2D eigenvalue weighted by molar-refractivity contribution is 7.80. The average molecular weight is 265 g/mol. The Hall–Kier alpha value is -1.72. The molecule has 0 atom stereocenters. The molecule has 0 unspecified atom stereocenters. The molecule has 3 N–H and O–H groups in total. The largest absolute Gasteiger partial charge is 0.375 e. The maximum Gasteiger partial charge on any atom is 0.184 e. The van der Waals surface area contributed by atoms with Crippen molar-refractivity contribution in [3.05, 3.63) is 41.0 Å². The van der Waals surface area contributed by atoms with Crippen LogP contribution in [0.3, 0.4) is 0 Å². The number of hydrogen-bond donors (Lipinski definition) is 2. The number of pyridine rings is 1. The second-order valence-electron chi connectivity index (χ2n) is 3.32. The number of halogens is 1. The molecular weight excluding hydrogens is 256 g/mol. The Morgan fingerprint density at radius 2 is 2.24 bits per heavy atom. The molecule has 1 heterocycles. The molecule has 0 saturated carbocycles. The first-order valence-corrected chi connectivity index (χ1v) is 5.58. The van der Waals surface area contributed by atoms with E-state index < -0.39 is 0 Å². The minimum Gasteiger partial charge on any atom is -0.375 e. The van der Waals surface area contributed by atoms with Gasteiger partial charge in [0.25, 0.3) is 0 Å². The number of hydrazone groups is 1. The van der Waals surface area contributed by atoms with Crippen LogP contribution in [0, 0.1) is 0 Å². The van der Waals surface area contributed by atoms with Crippen LogP contribution in [0.25, 0.3) is 10.9 Å². The van der Waals surface area contributed by atoms with Crippen molar-refractivity contribution in [2.45, 2.75) is 0 Å². The zero-order chi connectivity index (χ0) is 12.3. The standard InChI is InChI=1S/C11H9ClN4S/c12-10-4-2-8-5-7(1-3-9(8)15-10)6-14-16-11(13)17/h1-6H,(H3,13,16,17). The number of rotatable bonds is 2. The van der Waals surface area contributed by atoms with Gasteiger partial charge in [-0.25, -0.2) is 4.98 Å². The van der Waals surface area contributed by atoms with E-state index >= 15 is 0 Å². The van der Waals surface area contributed by atoms with E-state index in [0.717, 1.165) is 16.5 Å². The molecule has 0 fully saturated rings. The Balaban J connectivity index is 2.29. The summed E-state index contributed by atoms with van der Waals surface area (Å²) in [6.07, 6.45) is 1.63. The van der Waals surface area contributed by atoms with Crippen molar-refractivity contribution in [1.82, 2.24) is 10.4 Å². The van der Waals surface area contributed by atoms with Crippen LogP contribution in [0.4, 0.5) is 0 Å². The average Bonchev–Trinajstić information content (AvgIpc) is 2.29. The van der Waals surface area contributed by atoms with Crippen LogP contribution in [-0.2, 0) is 0 Å². The van der Waals surface area contributed by atoms with Gasteiger partial charge in [-0.15, -0.1) is 0 Å². The molecule has 0 saturated heterocycles. The van der Waals surface area contributed by atoms with Gasteiger partial charge in [-0.3, -0.25) is 5.43 Å². The van der Waals surface area contributed by atoms with E-state index in [0.29, 0.717) is 5.15 Å². The van der Waals surface area contributed by atoms with Crippen LogP contribution in [0.1, 0.15) is 5.56 Å². The molecule has 0 amide bonds. The molecule has 0 aliphatic heterocycles. The Morgan fingerprint density at radius 1 is 1.41 bits per heavy atom. The van der Waals surface area contributed by atoms with Gasteiger partial charge in [0, 0.05) is 5.39 Å². The van der Waals surface area contributed by atoms with Gasteiger partial charge in [0.15, 0.2) is 5.11 Å². The third-order valence-electron chi connectivity index (χ3n) is 2.07. The van der Waals surface area contributed by atoms with Gasteiger partial charge < -0.3 is 5.73 Å². The summed E-state index contributed by atoms with van der Waals surface area (Å²) in [6, 6.07) is 9.37. The van der Waals surface area contributed by atoms with Gasteiger partial charge >= 0.3 is 0 Å². The zero-order valence-corrected chi connectivity index (χ0v) is 10.3. The van der Waals surface area contributed by atoms with Crippen molar-refractivity contribution in [1.29, 1.82) is 0 Å². The first-order valence-electron chi connectivity index (χ1n) is 4.80. The molecule has 0 bridgehead atoms. The molecule has 0 aliphatic carbocycles. The molecule has 1 aromatic carbocycles. The van der Waals surface area contributed by atoms with Gasteiger partial charge in [0.2, 0.25) is 0 Å². The van der Waals surface area contributed by atoms with Crippen molar-refractivity contribution in [3.8, 4) is 0 Å². The van der Waals surface area contributed by atoms with E-state index in [4.69, 9.17) is 17.3 Å². The summed E-state index contributed by atoms with van der Waals surface area (Å²) in [5.74, 6) is 0. The predicted molar refractivity (Wildman–Crippen MR) is 74.3 cm³/mol. The lowest BCUT2D eigenvalue weighted by Crippen LogP contribution is -2.23. The van der Waals surface area contributed by atoms with E-state index in [9.17, 15) is 0 Å². The highest BCUT2D eigenvalue weighted by atomic mass is 35.5. The lowest BCUT2D eigenvalue weighted by atomic mass is 10.1. The molecule has 2 rings (SSSR count). The van der Waals surface area contributed by atoms with Crippen LogP contribution < -0.4 is 11.2 Å². The monoisotopic (exact) mass is 264 g/mol. The summed E-state index contributed by atoms with van der Waals surface area (Å²) >= 11 is 10.4. The van der Waals surface area contributed by atoms with Gasteiger partial charge in [-0.05, 0) is 42.0 Å². The molecular formula is C11H9ClN4S. The predicted octanol–water partition coefficient (Wildman–Crippen LogP) is 2.06. The zero-order valence-electron chi connectivity index (χ0n) is 8.72. The molecule has 1 aromatic heterocycles. The van der Waals surface area contributed by atoms with Crippen molar-refractivity contribution >= 4 is 46.0 Å². The number of fused-ring (bicyclic) bond motifs is 1. The van der Waals surface area contributed by atoms with E-state index in [1.54, 1.807) is 12.3 Å². The number of nitrogens with two attached hydrogens (primary N) is 1. The van der Waals surface area contributed by atoms with Crippen molar-refractivity contribution in [2.24, 2.45) is 10.8 Å². The minimum atomic E-state index is 0.135. The second-order valence-corrected chi connectivity index (χ2v) is 4.15. The summed E-state index contributed by atoms with van der Waals surface area (Å²) in [5, 5.41) is 5.49. The van der Waals surface area contributed by atoms with Crippen LogP contribution in [0.5, 0.6) is 0 Å². The first kappa shape index (κ1) is 11.8. The fourth-order valence-electron chi connectivity index (χ4n) is 1.37. The Labute approximate surface area is 108 Å². The number of hydrogen-bond acceptors (Lipinski definition) is 3. The topological polar surface area (TPSA) is 63.3 Å². The minimum absolute atomic E-state index is 0.135. The van der Waals surface area contributed by atoms with E-state index in [-0.39, 0.29) is 5.11 Å². The summed E-state index contributed by atoms with van der Waals surface area (Å²) in [5.41, 5.74) is 9.50. The lowest BCUT2D eigenvalue weighted by molar-refractivity contribution is 1.04. The van der Waals surface area contributed by atoms with E-state index in [1.807, 2.05) is 24.3 Å². The maximum absolute atomic E-state index is 5.80. The fourth-order valence-corrected chi connectivity index (χ4v) is 1.58. The number of nitrogens with zero attached hydrogens (tertiary/aromatic N) is 2. The van der Waals surface area contributed by atoms with Crippen molar-refractivity contribution in [2.75, 3.05) is 0 Å². The molecule has 2 aromatic rings. The van der Waals surface area contributed by atoms with Crippen LogP contribution >= 0.6 is 23.8 Å². The van der Waals surface area contributed by atoms with E-state index in [2.05, 4.69) is 27.7 Å². The van der Waals surface area contributed by atoms with Crippen molar-refractivity contribution in [3.63, 3.8) is 0 Å². The Kier molecular flexibility index (Phi) is 3.51. The maximum atomic E-state index is 5.80. The number of aromatic nitrogens is 1. The van der Waals surface area contributed by atoms with Crippen LogP contribution in [0.2, 0.25) is 5.15 Å². The molecule has 17 heavy (non-hydrogen) atoms. The van der Waals surface area contributed by atoms with Crippen LogP contribution in [0.15, 0.2) is 35.4 Å². The lowest BCUT2D eigenvalue weighted by Gasteiger charge is -1.99. The normalized spacial score (nSPS) is 10.9. The molecule has 0 aliphatic rings. The molecule has 86 valence electrons. The fraction of sp³-hybridized carbons (Fsp3) is 0. The smallest absolute Gasteiger partial charge is 0.184 e. The molecule has 6 heteroatoms. The first-order chi connectivity index (χ1) is 8.15. The summed E-state index contributed by atoms with van der Waals surface area (Å²) in [4.78, 5) is 4.19. The quantitative estimate of drug-likeness (QED) is 0.377. The van der Waals surface area contributed by atoms with Crippen molar-refractivity contribution < 1.29 is 0 Å². The van der Waals surface area contributed by atoms with Gasteiger partial charge in [-0.1, -0.05) is 17.7 Å². The molecule has 0 radical (unpaired) electrons. The second kappa shape index (κ2) is 5.07.